The van der Waals surface area contributed by atoms with E-state index in [4.69, 9.17) is 0 Å². The van der Waals surface area contributed by atoms with Crippen molar-refractivity contribution in [3.63, 3.8) is 0 Å². The molecule has 1 rings (SSSR count). The van der Waals surface area contributed by atoms with Crippen LogP contribution in [-0.2, 0) is 0 Å². The number of hydrogen-bond donors (Lipinski definition) is 1. The maximum Gasteiger partial charge on any atom is 0.253 e. The number of benzene rings is 1. The smallest absolute Gasteiger partial charge is 0.253 e. The molecule has 1 N–H and O–H groups in total. The van der Waals surface area contributed by atoms with Gasteiger partial charge in [0.05, 0.1) is 0 Å². The van der Waals surface area contributed by atoms with E-state index in [9.17, 15) is 9.59 Å². The van der Waals surface area contributed by atoms with E-state index in [-0.39, 0.29) is 11.8 Å². The minimum Gasteiger partial charge on any atom is -0.351 e. The summed E-state index contributed by atoms with van der Waals surface area (Å²) in [5, 5.41) is 2.85. The van der Waals surface area contributed by atoms with Gasteiger partial charge in [-0.25, -0.2) is 0 Å². The van der Waals surface area contributed by atoms with E-state index < -0.39 is 0 Å². The molecular formula is C17H27N3O2. The first-order valence-electron chi connectivity index (χ1n) is 7.74. The molecule has 0 bridgehead atoms. The molecule has 1 aromatic carbocycles. The topological polar surface area (TPSA) is 52.7 Å². The monoisotopic (exact) mass is 305 g/mol. The molecule has 0 radical (unpaired) electrons. The van der Waals surface area contributed by atoms with Gasteiger partial charge < -0.3 is 15.1 Å². The second kappa shape index (κ2) is 9.20. The highest BCUT2D eigenvalue weighted by atomic mass is 16.2. The lowest BCUT2D eigenvalue weighted by Gasteiger charge is -2.16. The molecule has 0 aliphatic rings. The lowest BCUT2D eigenvalue weighted by Crippen LogP contribution is -2.31. The van der Waals surface area contributed by atoms with E-state index >= 15 is 0 Å². The molecule has 0 atom stereocenters. The molecule has 0 aliphatic heterocycles. The molecule has 122 valence electrons. The van der Waals surface area contributed by atoms with E-state index in [0.717, 1.165) is 25.9 Å². The van der Waals surface area contributed by atoms with Gasteiger partial charge in [-0.3, -0.25) is 9.59 Å². The molecule has 0 unspecified atom stereocenters. The Bertz CT molecular complexity index is 483. The van der Waals surface area contributed by atoms with Crippen LogP contribution in [0.25, 0.3) is 0 Å². The number of carbonyl (C=O) groups excluding carboxylic acids is 2. The summed E-state index contributed by atoms with van der Waals surface area (Å²) in [6, 6.07) is 6.83. The average Bonchev–Trinajstić information content (AvgIpc) is 2.51. The Balaban J connectivity index is 2.58. The van der Waals surface area contributed by atoms with Crippen molar-refractivity contribution in [2.45, 2.75) is 19.8 Å². The van der Waals surface area contributed by atoms with Gasteiger partial charge in [0, 0.05) is 37.8 Å². The molecule has 0 spiro atoms. The second-order valence-corrected chi connectivity index (χ2v) is 5.72. The summed E-state index contributed by atoms with van der Waals surface area (Å²) in [5.41, 5.74) is 1.19. The van der Waals surface area contributed by atoms with E-state index in [1.807, 2.05) is 19.0 Å². The standard InChI is InChI=1S/C17H27N3O2/c1-5-6-12-20(4)17(22)15-9-7-14(8-10-15)16(21)18-11-13-19(2)3/h7-10H,5-6,11-13H2,1-4H3,(H,18,21). The molecule has 2 amide bonds. The number of amides is 2. The van der Waals surface area contributed by atoms with Crippen LogP contribution in [-0.4, -0.2) is 62.4 Å². The Labute approximate surface area is 133 Å². The van der Waals surface area contributed by atoms with Crippen LogP contribution in [0.2, 0.25) is 0 Å². The van der Waals surface area contributed by atoms with E-state index in [1.54, 1.807) is 36.2 Å². The fourth-order valence-corrected chi connectivity index (χ4v) is 1.98. The van der Waals surface area contributed by atoms with E-state index in [2.05, 4.69) is 12.2 Å². The normalized spacial score (nSPS) is 10.6. The summed E-state index contributed by atoms with van der Waals surface area (Å²) in [6.07, 6.45) is 2.05. The third-order valence-corrected chi connectivity index (χ3v) is 3.43. The predicted molar refractivity (Wildman–Crippen MR) is 89.2 cm³/mol. The minimum atomic E-state index is -0.111. The van der Waals surface area contributed by atoms with Gasteiger partial charge in [-0.1, -0.05) is 13.3 Å². The van der Waals surface area contributed by atoms with Crippen LogP contribution in [0.3, 0.4) is 0 Å². The summed E-state index contributed by atoms with van der Waals surface area (Å²) in [5.74, 6) is -0.117. The fraction of sp³-hybridized carbons (Fsp3) is 0.529. The van der Waals surface area contributed by atoms with Gasteiger partial charge in [0.2, 0.25) is 0 Å². The molecule has 0 fully saturated rings. The van der Waals surface area contributed by atoms with Crippen molar-refractivity contribution < 1.29 is 9.59 Å². The molecule has 0 aliphatic carbocycles. The summed E-state index contributed by atoms with van der Waals surface area (Å²) < 4.78 is 0. The van der Waals surface area contributed by atoms with Crippen molar-refractivity contribution in [2.75, 3.05) is 40.8 Å². The van der Waals surface area contributed by atoms with E-state index in [0.29, 0.717) is 17.7 Å². The first kappa shape index (κ1) is 18.2. The number of nitrogens with one attached hydrogen (secondary N) is 1. The van der Waals surface area contributed by atoms with Crippen LogP contribution in [0.4, 0.5) is 0 Å². The Morgan fingerprint density at radius 1 is 1.00 bits per heavy atom. The van der Waals surface area contributed by atoms with Crippen LogP contribution in [0.1, 0.15) is 40.5 Å². The van der Waals surface area contributed by atoms with Gasteiger partial charge in [-0.15, -0.1) is 0 Å². The molecule has 0 heterocycles. The summed E-state index contributed by atoms with van der Waals surface area (Å²) in [6.45, 7) is 4.25. The predicted octanol–water partition coefficient (Wildman–Crippen LogP) is 1.85. The van der Waals surface area contributed by atoms with Crippen molar-refractivity contribution in [3.05, 3.63) is 35.4 Å². The maximum atomic E-state index is 12.2. The van der Waals surface area contributed by atoms with Crippen LogP contribution in [0, 0.1) is 0 Å². The highest BCUT2D eigenvalue weighted by Gasteiger charge is 2.12. The first-order chi connectivity index (χ1) is 10.5. The number of likely N-dealkylation sites (N-methyl/N-ethyl adjacent to an activating group) is 1. The zero-order valence-corrected chi connectivity index (χ0v) is 14.1. The van der Waals surface area contributed by atoms with Crippen molar-refractivity contribution in [1.82, 2.24) is 15.1 Å². The van der Waals surface area contributed by atoms with Crippen molar-refractivity contribution in [1.29, 1.82) is 0 Å². The fourth-order valence-electron chi connectivity index (χ4n) is 1.98. The minimum absolute atomic E-state index is 0.00647. The molecule has 22 heavy (non-hydrogen) atoms. The third kappa shape index (κ3) is 5.85. The Hall–Kier alpha value is -1.88. The quantitative estimate of drug-likeness (QED) is 0.797. The molecule has 5 heteroatoms. The third-order valence-electron chi connectivity index (χ3n) is 3.43. The average molecular weight is 305 g/mol. The SMILES string of the molecule is CCCCN(C)C(=O)c1ccc(C(=O)NCCN(C)C)cc1. The first-order valence-corrected chi connectivity index (χ1v) is 7.74. The zero-order chi connectivity index (χ0) is 16.5. The van der Waals surface area contributed by atoms with Crippen LogP contribution >= 0.6 is 0 Å². The summed E-state index contributed by atoms with van der Waals surface area (Å²) in [4.78, 5) is 27.9. The van der Waals surface area contributed by atoms with Gasteiger partial charge in [0.1, 0.15) is 0 Å². The molecular weight excluding hydrogens is 278 g/mol. The Morgan fingerprint density at radius 2 is 1.59 bits per heavy atom. The van der Waals surface area contributed by atoms with Gasteiger partial charge in [0.15, 0.2) is 0 Å². The van der Waals surface area contributed by atoms with Crippen molar-refractivity contribution in [2.24, 2.45) is 0 Å². The molecule has 0 saturated carbocycles. The molecule has 0 aromatic heterocycles. The zero-order valence-electron chi connectivity index (χ0n) is 14.1. The lowest BCUT2D eigenvalue weighted by atomic mass is 10.1. The number of unbranched alkanes of at least 4 members (excludes halogenated alkanes) is 1. The van der Waals surface area contributed by atoms with Gasteiger partial charge in [-0.2, -0.15) is 0 Å². The summed E-state index contributed by atoms with van der Waals surface area (Å²) in [7, 11) is 5.73. The number of nitrogens with zero attached hydrogens (tertiary/aromatic N) is 2. The van der Waals surface area contributed by atoms with Crippen molar-refractivity contribution in [3.8, 4) is 0 Å². The number of carbonyl (C=O) groups is 2. The highest BCUT2D eigenvalue weighted by Crippen LogP contribution is 2.08. The van der Waals surface area contributed by atoms with E-state index in [1.165, 1.54) is 0 Å². The van der Waals surface area contributed by atoms with Crippen LogP contribution < -0.4 is 5.32 Å². The Morgan fingerprint density at radius 3 is 2.14 bits per heavy atom. The molecule has 1 aromatic rings. The molecule has 5 nitrogen and oxygen atoms in total. The van der Waals surface area contributed by atoms with Gasteiger partial charge in [-0.05, 0) is 44.8 Å². The highest BCUT2D eigenvalue weighted by molar-refractivity contribution is 5.97. The van der Waals surface area contributed by atoms with Gasteiger partial charge in [0.25, 0.3) is 11.8 Å². The van der Waals surface area contributed by atoms with Crippen LogP contribution in [0.15, 0.2) is 24.3 Å². The van der Waals surface area contributed by atoms with Gasteiger partial charge >= 0.3 is 0 Å². The summed E-state index contributed by atoms with van der Waals surface area (Å²) >= 11 is 0. The lowest BCUT2D eigenvalue weighted by molar-refractivity contribution is 0.0792. The molecule has 0 saturated heterocycles. The largest absolute Gasteiger partial charge is 0.351 e. The van der Waals surface area contributed by atoms with Crippen molar-refractivity contribution >= 4 is 11.8 Å². The Kier molecular flexibility index (Phi) is 7.60. The maximum absolute atomic E-state index is 12.2. The number of rotatable bonds is 8. The second-order valence-electron chi connectivity index (χ2n) is 5.72. The number of hydrogen-bond acceptors (Lipinski definition) is 3. The van der Waals surface area contributed by atoms with Crippen LogP contribution in [0.5, 0.6) is 0 Å².